The zero-order chi connectivity index (χ0) is 22.0. The van der Waals surface area contributed by atoms with Crippen molar-refractivity contribution in [1.29, 1.82) is 0 Å². The van der Waals surface area contributed by atoms with Crippen LogP contribution in [0.4, 0.5) is 0 Å². The van der Waals surface area contributed by atoms with Crippen molar-refractivity contribution in [2.45, 2.75) is 52.4 Å². The zero-order valence-electron chi connectivity index (χ0n) is 17.9. The Morgan fingerprint density at radius 1 is 0.903 bits per heavy atom. The fourth-order valence-corrected chi connectivity index (χ4v) is 4.97. The maximum absolute atomic E-state index is 12.9. The number of aryl methyl sites for hydroxylation is 4. The van der Waals surface area contributed by atoms with Crippen molar-refractivity contribution in [3.05, 3.63) is 80.9 Å². The first kappa shape index (κ1) is 21.9. The Kier molecular flexibility index (Phi) is 6.64. The lowest BCUT2D eigenvalue weighted by atomic mass is 9.98. The average molecular weight is 453 g/mol. The molecule has 2 aliphatic carbocycles. The summed E-state index contributed by atoms with van der Waals surface area (Å²) in [6.45, 7) is 4.17. The number of benzene rings is 2. The summed E-state index contributed by atoms with van der Waals surface area (Å²) in [6, 6.07) is 12.4. The number of allylic oxidation sites excluding steroid dienone is 1. The van der Waals surface area contributed by atoms with E-state index in [1.807, 2.05) is 18.2 Å². The predicted octanol–water partition coefficient (Wildman–Crippen LogP) is 6.68. The van der Waals surface area contributed by atoms with Crippen LogP contribution in [-0.4, -0.2) is 12.1 Å². The van der Waals surface area contributed by atoms with Crippen LogP contribution in [0.2, 0.25) is 0 Å². The summed E-state index contributed by atoms with van der Waals surface area (Å²) >= 11 is 13.4. The van der Waals surface area contributed by atoms with Gasteiger partial charge in [0.25, 0.3) is 5.91 Å². The molecule has 0 bridgehead atoms. The van der Waals surface area contributed by atoms with E-state index < -0.39 is 0 Å². The molecule has 0 aromatic heterocycles. The van der Waals surface area contributed by atoms with Crippen LogP contribution in [0.5, 0.6) is 0 Å². The molecule has 0 unspecified atom stereocenters. The predicted molar refractivity (Wildman–Crippen MR) is 130 cm³/mol. The van der Waals surface area contributed by atoms with E-state index in [9.17, 15) is 4.79 Å². The van der Waals surface area contributed by atoms with Crippen LogP contribution in [0, 0.1) is 13.8 Å². The van der Waals surface area contributed by atoms with Crippen LogP contribution in [0.3, 0.4) is 0 Å². The smallest absolute Gasteiger partial charge is 0.268 e. The van der Waals surface area contributed by atoms with Crippen molar-refractivity contribution in [2.24, 2.45) is 5.10 Å². The second-order valence-corrected chi connectivity index (χ2v) is 9.04. The highest BCUT2D eigenvalue weighted by Crippen LogP contribution is 2.35. The topological polar surface area (TPSA) is 41.5 Å². The second kappa shape index (κ2) is 9.42. The summed E-state index contributed by atoms with van der Waals surface area (Å²) in [5.41, 5.74) is 11.1. The maximum Gasteiger partial charge on any atom is 0.268 e. The molecule has 1 amide bonds. The molecule has 1 N–H and O–H groups in total. The molecule has 3 nitrogen and oxygen atoms in total. The first-order chi connectivity index (χ1) is 15.0. The van der Waals surface area contributed by atoms with E-state index in [0.717, 1.165) is 48.8 Å². The fourth-order valence-electron chi connectivity index (χ4n) is 4.29. The van der Waals surface area contributed by atoms with Gasteiger partial charge in [-0.25, -0.2) is 5.43 Å². The minimum absolute atomic E-state index is 0.252. The standard InChI is InChI=1S/C26H26Cl2N2O/c1-16-13-19-9-6-12-22(25(28)23(19)14-17(16)2)26(31)30-29-15-20-10-5-8-18-7-3-4-11-21(18)24(20)27/h3-4,7,11,13-15H,5-6,8-10,12H2,1-2H3,(H,30,31)/b29-15-. The Morgan fingerprint density at radius 3 is 2.45 bits per heavy atom. The van der Waals surface area contributed by atoms with E-state index in [2.05, 4.69) is 42.6 Å². The molecule has 0 fully saturated rings. The molecular weight excluding hydrogens is 427 g/mol. The van der Waals surface area contributed by atoms with Gasteiger partial charge in [0.15, 0.2) is 0 Å². The van der Waals surface area contributed by atoms with E-state index in [0.29, 0.717) is 22.1 Å². The zero-order valence-corrected chi connectivity index (χ0v) is 19.4. The van der Waals surface area contributed by atoms with Gasteiger partial charge in [0.1, 0.15) is 0 Å². The summed E-state index contributed by atoms with van der Waals surface area (Å²) in [5.74, 6) is -0.252. The largest absolute Gasteiger partial charge is 0.268 e. The van der Waals surface area contributed by atoms with E-state index in [-0.39, 0.29) is 5.91 Å². The van der Waals surface area contributed by atoms with E-state index in [4.69, 9.17) is 23.2 Å². The number of hydrogen-bond acceptors (Lipinski definition) is 2. The molecule has 4 rings (SSSR count). The van der Waals surface area contributed by atoms with Crippen molar-refractivity contribution in [3.63, 3.8) is 0 Å². The van der Waals surface area contributed by atoms with Crippen molar-refractivity contribution in [3.8, 4) is 0 Å². The lowest BCUT2D eigenvalue weighted by Gasteiger charge is -2.11. The lowest BCUT2D eigenvalue weighted by Crippen LogP contribution is -2.20. The summed E-state index contributed by atoms with van der Waals surface area (Å²) in [7, 11) is 0. The minimum Gasteiger partial charge on any atom is -0.268 e. The van der Waals surface area contributed by atoms with Crippen molar-refractivity contribution in [1.82, 2.24) is 5.43 Å². The van der Waals surface area contributed by atoms with E-state index in [1.165, 1.54) is 22.3 Å². The van der Waals surface area contributed by atoms with Crippen LogP contribution in [-0.2, 0) is 17.6 Å². The van der Waals surface area contributed by atoms with E-state index in [1.54, 1.807) is 6.21 Å². The number of rotatable bonds is 3. The molecule has 31 heavy (non-hydrogen) atoms. The van der Waals surface area contributed by atoms with Crippen molar-refractivity contribution >= 4 is 45.4 Å². The van der Waals surface area contributed by atoms with Crippen LogP contribution in [0.15, 0.2) is 52.6 Å². The number of halogens is 2. The number of carbonyl (C=O) groups is 1. The second-order valence-electron chi connectivity index (χ2n) is 8.29. The number of amides is 1. The van der Waals surface area contributed by atoms with Gasteiger partial charge in [-0.05, 0) is 97.4 Å². The molecule has 2 aliphatic rings. The lowest BCUT2D eigenvalue weighted by molar-refractivity contribution is -0.117. The number of hydrazone groups is 1. The fraction of sp³-hybridized carbons (Fsp3) is 0.308. The number of fused-ring (bicyclic) bond motifs is 2. The van der Waals surface area contributed by atoms with Gasteiger partial charge in [-0.2, -0.15) is 5.10 Å². The van der Waals surface area contributed by atoms with Gasteiger partial charge in [0.05, 0.1) is 16.3 Å². The Balaban J connectivity index is 1.55. The molecule has 5 heteroatoms. The van der Waals surface area contributed by atoms with Crippen LogP contribution < -0.4 is 5.43 Å². The van der Waals surface area contributed by atoms with Gasteiger partial charge in [-0.1, -0.05) is 53.5 Å². The number of carbonyl (C=O) groups excluding carboxylic acids is 1. The van der Waals surface area contributed by atoms with Gasteiger partial charge in [-0.3, -0.25) is 4.79 Å². The molecule has 0 saturated carbocycles. The molecule has 0 saturated heterocycles. The summed E-state index contributed by atoms with van der Waals surface area (Å²) in [6.07, 6.45) is 6.90. The molecule has 0 spiro atoms. The first-order valence-corrected chi connectivity index (χ1v) is 11.5. The third kappa shape index (κ3) is 4.63. The normalized spacial score (nSPS) is 16.6. The van der Waals surface area contributed by atoms with Crippen molar-refractivity contribution < 1.29 is 4.79 Å². The van der Waals surface area contributed by atoms with Gasteiger partial charge < -0.3 is 0 Å². The number of nitrogens with zero attached hydrogens (tertiary/aromatic N) is 1. The SMILES string of the molecule is Cc1cc2c(cc1C)C(Cl)=C(C(=O)N/N=C\C1=C(Cl)c3ccccc3CCC1)CCC2. The highest BCUT2D eigenvalue weighted by Gasteiger charge is 2.21. The quantitative estimate of drug-likeness (QED) is 0.409. The van der Waals surface area contributed by atoms with E-state index >= 15 is 0 Å². The molecular formula is C26H26Cl2N2O. The Bertz CT molecular complexity index is 1130. The van der Waals surface area contributed by atoms with Crippen molar-refractivity contribution in [2.75, 3.05) is 0 Å². The Labute approximate surface area is 193 Å². The Hall–Kier alpha value is -2.36. The molecule has 0 heterocycles. The third-order valence-corrected chi connectivity index (χ3v) is 7.06. The summed E-state index contributed by atoms with van der Waals surface area (Å²) in [5, 5.41) is 5.47. The van der Waals surface area contributed by atoms with Crippen LogP contribution >= 0.6 is 23.2 Å². The molecule has 160 valence electrons. The summed E-state index contributed by atoms with van der Waals surface area (Å²) < 4.78 is 0. The van der Waals surface area contributed by atoms with Gasteiger partial charge in [0.2, 0.25) is 0 Å². The highest BCUT2D eigenvalue weighted by molar-refractivity contribution is 6.51. The average Bonchev–Trinajstić information content (AvgIpc) is 3.01. The Morgan fingerprint density at radius 2 is 1.61 bits per heavy atom. The maximum atomic E-state index is 12.9. The monoisotopic (exact) mass is 452 g/mol. The first-order valence-electron chi connectivity index (χ1n) is 10.7. The highest BCUT2D eigenvalue weighted by atomic mass is 35.5. The summed E-state index contributed by atoms with van der Waals surface area (Å²) in [4.78, 5) is 12.9. The van der Waals surface area contributed by atoms with Gasteiger partial charge in [-0.15, -0.1) is 0 Å². The molecule has 2 aromatic carbocycles. The number of nitrogens with one attached hydrogen (secondary N) is 1. The third-order valence-electron chi connectivity index (χ3n) is 6.18. The van der Waals surface area contributed by atoms with Crippen LogP contribution in [0.25, 0.3) is 10.1 Å². The number of hydrogen-bond donors (Lipinski definition) is 1. The molecule has 2 aromatic rings. The van der Waals surface area contributed by atoms with Crippen LogP contribution in [0.1, 0.15) is 59.1 Å². The minimum atomic E-state index is -0.252. The van der Waals surface area contributed by atoms with Gasteiger partial charge >= 0.3 is 0 Å². The molecule has 0 atom stereocenters. The molecule has 0 radical (unpaired) electrons. The molecule has 0 aliphatic heterocycles. The van der Waals surface area contributed by atoms with Gasteiger partial charge in [0, 0.05) is 5.57 Å².